The number of hydrogen-bond donors (Lipinski definition) is 1. The fraction of sp³-hybridized carbons (Fsp3) is 0.471. The number of fused-ring (bicyclic) bond motifs is 1. The van der Waals surface area contributed by atoms with Crippen molar-refractivity contribution >= 4 is 16.7 Å². The van der Waals surface area contributed by atoms with Crippen molar-refractivity contribution in [2.75, 3.05) is 38.3 Å². The summed E-state index contributed by atoms with van der Waals surface area (Å²) in [6.45, 7) is 2.30. The maximum Gasteiger partial charge on any atom is 0.129 e. The van der Waals surface area contributed by atoms with Gasteiger partial charge in [0.2, 0.25) is 0 Å². The average Bonchev–Trinajstić information content (AvgIpc) is 2.59. The van der Waals surface area contributed by atoms with Crippen molar-refractivity contribution < 1.29 is 14.6 Å². The van der Waals surface area contributed by atoms with E-state index in [9.17, 15) is 0 Å². The van der Waals surface area contributed by atoms with Crippen LogP contribution in [0.25, 0.3) is 10.9 Å². The van der Waals surface area contributed by atoms with Crippen molar-refractivity contribution in [2.45, 2.75) is 18.9 Å². The molecule has 0 amide bonds. The van der Waals surface area contributed by atoms with Gasteiger partial charge >= 0.3 is 0 Å². The number of rotatable bonds is 5. The molecule has 1 atom stereocenters. The monoisotopic (exact) mass is 302 g/mol. The third-order valence-corrected chi connectivity index (χ3v) is 4.03. The summed E-state index contributed by atoms with van der Waals surface area (Å²) in [7, 11) is 1.67. The zero-order valence-electron chi connectivity index (χ0n) is 12.9. The first-order valence-corrected chi connectivity index (χ1v) is 7.72. The number of aromatic nitrogens is 1. The van der Waals surface area contributed by atoms with Gasteiger partial charge in [-0.05, 0) is 43.2 Å². The average molecular weight is 302 g/mol. The summed E-state index contributed by atoms with van der Waals surface area (Å²) in [5.41, 5.74) is 0.969. The lowest BCUT2D eigenvalue weighted by Gasteiger charge is -2.33. The molecule has 0 saturated carbocycles. The van der Waals surface area contributed by atoms with E-state index in [-0.39, 0.29) is 12.7 Å². The fourth-order valence-electron chi connectivity index (χ4n) is 2.90. The first-order chi connectivity index (χ1) is 10.8. The Balaban J connectivity index is 1.77. The molecule has 118 valence electrons. The molecule has 22 heavy (non-hydrogen) atoms. The Kier molecular flexibility index (Phi) is 4.75. The lowest BCUT2D eigenvalue weighted by Crippen LogP contribution is -2.40. The van der Waals surface area contributed by atoms with E-state index >= 15 is 0 Å². The molecule has 1 aromatic carbocycles. The van der Waals surface area contributed by atoms with Gasteiger partial charge in [-0.2, -0.15) is 0 Å². The lowest BCUT2D eigenvalue weighted by molar-refractivity contribution is 0.0213. The Bertz CT molecular complexity index is 632. The number of pyridine rings is 1. The van der Waals surface area contributed by atoms with Crippen LogP contribution in [0.15, 0.2) is 30.3 Å². The molecule has 1 unspecified atom stereocenters. The Labute approximate surface area is 130 Å². The summed E-state index contributed by atoms with van der Waals surface area (Å²) in [6, 6.07) is 10.0. The first-order valence-electron chi connectivity index (χ1n) is 7.72. The number of anilines is 1. The number of methoxy groups -OCH3 is 1. The van der Waals surface area contributed by atoms with Crippen molar-refractivity contribution in [1.29, 1.82) is 0 Å². The molecule has 5 nitrogen and oxygen atoms in total. The highest BCUT2D eigenvalue weighted by atomic mass is 16.5. The molecule has 2 aromatic rings. The summed E-state index contributed by atoms with van der Waals surface area (Å²) in [5, 5.41) is 9.96. The van der Waals surface area contributed by atoms with E-state index in [1.54, 1.807) is 7.11 Å². The molecule has 1 aromatic heterocycles. The predicted molar refractivity (Wildman–Crippen MR) is 86.6 cm³/mol. The van der Waals surface area contributed by atoms with Gasteiger partial charge in [0.1, 0.15) is 11.6 Å². The van der Waals surface area contributed by atoms with Gasteiger partial charge in [-0.3, -0.25) is 0 Å². The summed E-state index contributed by atoms with van der Waals surface area (Å²) < 4.78 is 10.9. The molecular formula is C17H22N2O3. The first kappa shape index (κ1) is 15.1. The number of piperidine rings is 1. The van der Waals surface area contributed by atoms with Crippen LogP contribution in [0.5, 0.6) is 5.75 Å². The second-order valence-corrected chi connectivity index (χ2v) is 5.53. The van der Waals surface area contributed by atoms with E-state index in [2.05, 4.69) is 17.0 Å². The van der Waals surface area contributed by atoms with Gasteiger partial charge < -0.3 is 19.5 Å². The van der Waals surface area contributed by atoms with Gasteiger partial charge in [-0.25, -0.2) is 4.98 Å². The summed E-state index contributed by atoms with van der Waals surface area (Å²) in [5.74, 6) is 1.83. The quantitative estimate of drug-likeness (QED) is 0.918. The molecule has 1 aliphatic rings. The highest BCUT2D eigenvalue weighted by Gasteiger charge is 2.21. The minimum atomic E-state index is 0.0759. The van der Waals surface area contributed by atoms with Crippen molar-refractivity contribution in [1.82, 2.24) is 4.98 Å². The Morgan fingerprint density at radius 2 is 2.23 bits per heavy atom. The molecule has 0 bridgehead atoms. The molecular weight excluding hydrogens is 280 g/mol. The number of aliphatic hydroxyl groups excluding tert-OH is 1. The molecule has 0 aliphatic carbocycles. The normalized spacial score (nSPS) is 18.6. The predicted octanol–water partition coefficient (Wildman–Crippen LogP) is 2.22. The van der Waals surface area contributed by atoms with Crippen molar-refractivity contribution in [3.05, 3.63) is 30.3 Å². The van der Waals surface area contributed by atoms with Crippen LogP contribution in [-0.4, -0.2) is 49.6 Å². The van der Waals surface area contributed by atoms with Crippen LogP contribution in [0.2, 0.25) is 0 Å². The SMILES string of the molecule is COc1ccc2nc(N3CCCC(OCCO)C3)ccc2c1. The molecule has 0 spiro atoms. The molecule has 3 rings (SSSR count). The van der Waals surface area contributed by atoms with Gasteiger partial charge in [0.15, 0.2) is 0 Å². The van der Waals surface area contributed by atoms with Crippen LogP contribution in [0.1, 0.15) is 12.8 Å². The Hall–Kier alpha value is -1.85. The number of benzene rings is 1. The number of nitrogens with zero attached hydrogens (tertiary/aromatic N) is 2. The topological polar surface area (TPSA) is 54.8 Å². The van der Waals surface area contributed by atoms with E-state index in [0.29, 0.717) is 6.61 Å². The number of aliphatic hydroxyl groups is 1. The second-order valence-electron chi connectivity index (χ2n) is 5.53. The highest BCUT2D eigenvalue weighted by molar-refractivity contribution is 5.81. The number of hydrogen-bond acceptors (Lipinski definition) is 5. The summed E-state index contributed by atoms with van der Waals surface area (Å²) in [6.07, 6.45) is 2.30. The second kappa shape index (κ2) is 6.94. The van der Waals surface area contributed by atoms with Crippen LogP contribution in [0.3, 0.4) is 0 Å². The zero-order valence-corrected chi connectivity index (χ0v) is 12.9. The van der Waals surface area contributed by atoms with Gasteiger partial charge in [-0.1, -0.05) is 0 Å². The largest absolute Gasteiger partial charge is 0.497 e. The number of ether oxygens (including phenoxy) is 2. The molecule has 1 aliphatic heterocycles. The van der Waals surface area contributed by atoms with Crippen LogP contribution in [0.4, 0.5) is 5.82 Å². The maximum absolute atomic E-state index is 8.88. The molecule has 2 heterocycles. The highest BCUT2D eigenvalue weighted by Crippen LogP contribution is 2.24. The van der Waals surface area contributed by atoms with Crippen molar-refractivity contribution in [3.63, 3.8) is 0 Å². The fourth-order valence-corrected chi connectivity index (χ4v) is 2.90. The lowest BCUT2D eigenvalue weighted by atomic mass is 10.1. The van der Waals surface area contributed by atoms with Crippen LogP contribution >= 0.6 is 0 Å². The summed E-state index contributed by atoms with van der Waals surface area (Å²) in [4.78, 5) is 7.01. The van der Waals surface area contributed by atoms with Gasteiger partial charge in [0.05, 0.1) is 31.9 Å². The summed E-state index contributed by atoms with van der Waals surface area (Å²) >= 11 is 0. The molecule has 1 N–H and O–H groups in total. The van der Waals surface area contributed by atoms with E-state index in [4.69, 9.17) is 19.6 Å². The molecule has 5 heteroatoms. The van der Waals surface area contributed by atoms with Crippen molar-refractivity contribution in [2.24, 2.45) is 0 Å². The van der Waals surface area contributed by atoms with Gasteiger partial charge in [0, 0.05) is 18.5 Å². The molecule has 1 fully saturated rings. The molecule has 1 saturated heterocycles. The van der Waals surface area contributed by atoms with E-state index < -0.39 is 0 Å². The van der Waals surface area contributed by atoms with Crippen molar-refractivity contribution in [3.8, 4) is 5.75 Å². The minimum absolute atomic E-state index is 0.0759. The standard InChI is InChI=1S/C17H22N2O3/c1-21-14-5-6-16-13(11-14)4-7-17(18-16)19-8-2-3-15(12-19)22-10-9-20/h4-7,11,15,20H,2-3,8-10,12H2,1H3. The van der Waals surface area contributed by atoms with Crippen LogP contribution < -0.4 is 9.64 Å². The third-order valence-electron chi connectivity index (χ3n) is 4.03. The molecule has 0 radical (unpaired) electrons. The maximum atomic E-state index is 8.88. The van der Waals surface area contributed by atoms with E-state index in [0.717, 1.165) is 48.4 Å². The smallest absolute Gasteiger partial charge is 0.129 e. The minimum Gasteiger partial charge on any atom is -0.497 e. The van der Waals surface area contributed by atoms with Gasteiger partial charge in [0.25, 0.3) is 0 Å². The van der Waals surface area contributed by atoms with Gasteiger partial charge in [-0.15, -0.1) is 0 Å². The van der Waals surface area contributed by atoms with E-state index in [1.807, 2.05) is 18.2 Å². The van der Waals surface area contributed by atoms with Crippen LogP contribution in [0, 0.1) is 0 Å². The Morgan fingerprint density at radius 3 is 3.05 bits per heavy atom. The van der Waals surface area contributed by atoms with Crippen LogP contribution in [-0.2, 0) is 4.74 Å². The third kappa shape index (κ3) is 3.31. The zero-order chi connectivity index (χ0) is 15.4. The Morgan fingerprint density at radius 1 is 1.32 bits per heavy atom. The van der Waals surface area contributed by atoms with E-state index in [1.165, 1.54) is 0 Å².